The molecule has 6 heteroatoms. The van der Waals surface area contributed by atoms with Gasteiger partial charge >= 0.3 is 5.97 Å². The van der Waals surface area contributed by atoms with E-state index in [0.717, 1.165) is 12.8 Å². The standard InChI is InChI=1S/C12H24O2.C7H8N2O2/c1-2-3-4-5-6-7-8-9-10-11-12(13)14;8-9-7(11)5-3-1-2-4-6(5)10/h2-11H2,1H3,(H,13,14);1-4,10H,8H2,(H,9,11). The van der Waals surface area contributed by atoms with Gasteiger partial charge in [-0.25, -0.2) is 5.84 Å². The molecule has 0 heterocycles. The summed E-state index contributed by atoms with van der Waals surface area (Å²) in [7, 11) is 0. The molecule has 0 saturated carbocycles. The molecule has 0 fully saturated rings. The number of nitrogen functional groups attached to an aromatic ring is 1. The summed E-state index contributed by atoms with van der Waals surface area (Å²) in [5.74, 6) is 3.63. The first-order valence-electron chi connectivity index (χ1n) is 9.03. The van der Waals surface area contributed by atoms with Crippen LogP contribution in [0.1, 0.15) is 81.5 Å². The minimum Gasteiger partial charge on any atom is -0.507 e. The average molecular weight is 352 g/mol. The van der Waals surface area contributed by atoms with E-state index in [1.165, 1.54) is 57.1 Å². The second-order valence-electron chi connectivity index (χ2n) is 5.96. The molecular formula is C19H32N2O4. The van der Waals surface area contributed by atoms with E-state index in [0.29, 0.717) is 6.42 Å². The fraction of sp³-hybridized carbons (Fsp3) is 0.579. The molecule has 0 bridgehead atoms. The lowest BCUT2D eigenvalue weighted by Gasteiger charge is -2.00. The zero-order valence-corrected chi connectivity index (χ0v) is 15.2. The minimum absolute atomic E-state index is 0.0737. The van der Waals surface area contributed by atoms with Crippen molar-refractivity contribution >= 4 is 11.9 Å². The number of hydrogen-bond acceptors (Lipinski definition) is 4. The van der Waals surface area contributed by atoms with Crippen molar-refractivity contribution in [3.63, 3.8) is 0 Å². The zero-order chi connectivity index (χ0) is 18.9. The van der Waals surface area contributed by atoms with Crippen LogP contribution in [0.2, 0.25) is 0 Å². The van der Waals surface area contributed by atoms with Crippen LogP contribution in [0.5, 0.6) is 5.75 Å². The summed E-state index contributed by atoms with van der Waals surface area (Å²) in [6, 6.07) is 6.18. The van der Waals surface area contributed by atoms with Gasteiger partial charge in [0.25, 0.3) is 5.91 Å². The van der Waals surface area contributed by atoms with Gasteiger partial charge in [0, 0.05) is 6.42 Å². The fourth-order valence-corrected chi connectivity index (χ4v) is 2.33. The lowest BCUT2D eigenvalue weighted by Crippen LogP contribution is -2.29. The largest absolute Gasteiger partial charge is 0.507 e. The van der Waals surface area contributed by atoms with Crippen molar-refractivity contribution < 1.29 is 19.8 Å². The number of phenols is 1. The average Bonchev–Trinajstić information content (AvgIpc) is 2.60. The number of carbonyl (C=O) groups is 2. The monoisotopic (exact) mass is 352 g/mol. The third kappa shape index (κ3) is 12.9. The number of para-hydroxylation sites is 1. The van der Waals surface area contributed by atoms with Gasteiger partial charge in [0.05, 0.1) is 5.56 Å². The number of carboxylic acids is 1. The van der Waals surface area contributed by atoms with Gasteiger partial charge in [0.1, 0.15) is 5.75 Å². The molecule has 0 spiro atoms. The van der Waals surface area contributed by atoms with Crippen LogP contribution in [-0.4, -0.2) is 22.1 Å². The Balaban J connectivity index is 0.000000472. The highest BCUT2D eigenvalue weighted by molar-refractivity contribution is 5.96. The van der Waals surface area contributed by atoms with Crippen LogP contribution in [0.4, 0.5) is 0 Å². The van der Waals surface area contributed by atoms with Crippen molar-refractivity contribution in [3.05, 3.63) is 29.8 Å². The molecule has 6 nitrogen and oxygen atoms in total. The minimum atomic E-state index is -0.659. The normalized spacial score (nSPS) is 9.84. The molecule has 5 N–H and O–H groups in total. The number of nitrogens with two attached hydrogens (primary N) is 1. The molecule has 1 aromatic rings. The first-order chi connectivity index (χ1) is 12.0. The predicted molar refractivity (Wildman–Crippen MR) is 99.2 cm³/mol. The molecule has 0 atom stereocenters. The number of carbonyl (C=O) groups excluding carboxylic acids is 1. The van der Waals surface area contributed by atoms with E-state index in [4.69, 9.17) is 16.1 Å². The number of hydrazine groups is 1. The molecule has 0 aromatic heterocycles. The Hall–Kier alpha value is -2.08. The first-order valence-corrected chi connectivity index (χ1v) is 9.03. The van der Waals surface area contributed by atoms with E-state index < -0.39 is 11.9 Å². The Morgan fingerprint density at radius 1 is 0.960 bits per heavy atom. The van der Waals surface area contributed by atoms with Crippen molar-refractivity contribution in [2.75, 3.05) is 0 Å². The smallest absolute Gasteiger partial charge is 0.303 e. The second kappa shape index (κ2) is 15.4. The highest BCUT2D eigenvalue weighted by Gasteiger charge is 2.06. The number of phenolic OH excluding ortho intramolecular Hbond substituents is 1. The van der Waals surface area contributed by atoms with Crippen molar-refractivity contribution in [3.8, 4) is 5.75 Å². The van der Waals surface area contributed by atoms with Gasteiger partial charge < -0.3 is 10.2 Å². The zero-order valence-electron chi connectivity index (χ0n) is 15.2. The third-order valence-corrected chi connectivity index (χ3v) is 3.77. The van der Waals surface area contributed by atoms with Crippen LogP contribution < -0.4 is 11.3 Å². The number of carboxylic acid groups (broad SMARTS) is 1. The third-order valence-electron chi connectivity index (χ3n) is 3.77. The van der Waals surface area contributed by atoms with Crippen LogP contribution in [0.25, 0.3) is 0 Å². The summed E-state index contributed by atoms with van der Waals surface area (Å²) >= 11 is 0. The van der Waals surface area contributed by atoms with Crippen molar-refractivity contribution in [2.45, 2.75) is 71.1 Å². The summed E-state index contributed by atoms with van der Waals surface area (Å²) < 4.78 is 0. The summed E-state index contributed by atoms with van der Waals surface area (Å²) in [5.41, 5.74) is 2.10. The van der Waals surface area contributed by atoms with E-state index >= 15 is 0 Å². The highest BCUT2D eigenvalue weighted by Crippen LogP contribution is 2.14. The molecular weight excluding hydrogens is 320 g/mol. The Bertz CT molecular complexity index is 492. The number of aliphatic carboxylic acids is 1. The van der Waals surface area contributed by atoms with Gasteiger partial charge in [-0.15, -0.1) is 0 Å². The number of rotatable bonds is 11. The fourth-order valence-electron chi connectivity index (χ4n) is 2.33. The van der Waals surface area contributed by atoms with Crippen LogP contribution in [0, 0.1) is 0 Å². The van der Waals surface area contributed by atoms with Crippen molar-refractivity contribution in [1.82, 2.24) is 5.43 Å². The molecule has 0 unspecified atom stereocenters. The number of amides is 1. The summed E-state index contributed by atoms with van der Waals surface area (Å²) in [5, 5.41) is 17.5. The van der Waals surface area contributed by atoms with Gasteiger partial charge in [-0.05, 0) is 18.6 Å². The molecule has 1 amide bonds. The molecule has 1 rings (SSSR count). The first kappa shape index (κ1) is 22.9. The molecule has 142 valence electrons. The Morgan fingerprint density at radius 2 is 1.48 bits per heavy atom. The van der Waals surface area contributed by atoms with E-state index in [-0.39, 0.29) is 11.3 Å². The SMILES string of the molecule is CCCCCCCCCCCC(=O)O.NNC(=O)c1ccccc1O. The Morgan fingerprint density at radius 3 is 1.96 bits per heavy atom. The van der Waals surface area contributed by atoms with Crippen LogP contribution in [-0.2, 0) is 4.79 Å². The van der Waals surface area contributed by atoms with E-state index in [1.54, 1.807) is 12.1 Å². The molecule has 0 aliphatic heterocycles. The summed E-state index contributed by atoms with van der Waals surface area (Å²) in [4.78, 5) is 21.0. The van der Waals surface area contributed by atoms with Crippen molar-refractivity contribution in [2.24, 2.45) is 5.84 Å². The number of benzene rings is 1. The van der Waals surface area contributed by atoms with Crippen LogP contribution in [0.3, 0.4) is 0 Å². The number of unbranched alkanes of at least 4 members (excludes halogenated alkanes) is 8. The summed E-state index contributed by atoms with van der Waals surface area (Å²) in [6.45, 7) is 2.23. The van der Waals surface area contributed by atoms with Gasteiger partial charge in [0.15, 0.2) is 0 Å². The Kier molecular flexibility index (Phi) is 14.2. The maximum absolute atomic E-state index is 10.8. The molecule has 0 aliphatic carbocycles. The maximum atomic E-state index is 10.8. The van der Waals surface area contributed by atoms with E-state index in [9.17, 15) is 9.59 Å². The molecule has 0 aliphatic rings. The number of aromatic hydroxyl groups is 1. The predicted octanol–water partition coefficient (Wildman–Crippen LogP) is 3.99. The van der Waals surface area contributed by atoms with Gasteiger partial charge in [-0.2, -0.15) is 0 Å². The van der Waals surface area contributed by atoms with Crippen LogP contribution in [0.15, 0.2) is 24.3 Å². The highest BCUT2D eigenvalue weighted by atomic mass is 16.4. The topological polar surface area (TPSA) is 113 Å². The lowest BCUT2D eigenvalue weighted by atomic mass is 10.1. The van der Waals surface area contributed by atoms with Crippen LogP contribution >= 0.6 is 0 Å². The summed E-state index contributed by atoms with van der Waals surface area (Å²) in [6.07, 6.45) is 11.5. The second-order valence-corrected chi connectivity index (χ2v) is 5.96. The van der Waals surface area contributed by atoms with Gasteiger partial charge in [-0.1, -0.05) is 70.4 Å². The quantitative estimate of drug-likeness (QED) is 0.208. The van der Waals surface area contributed by atoms with E-state index in [1.807, 2.05) is 5.43 Å². The van der Waals surface area contributed by atoms with Crippen molar-refractivity contribution in [1.29, 1.82) is 0 Å². The number of hydrogen-bond donors (Lipinski definition) is 4. The maximum Gasteiger partial charge on any atom is 0.303 e. The lowest BCUT2D eigenvalue weighted by molar-refractivity contribution is -0.137. The molecule has 0 saturated heterocycles. The number of nitrogens with one attached hydrogen (secondary N) is 1. The molecule has 0 radical (unpaired) electrons. The van der Waals surface area contributed by atoms with Gasteiger partial charge in [0.2, 0.25) is 0 Å². The molecule has 1 aromatic carbocycles. The van der Waals surface area contributed by atoms with Gasteiger partial charge in [-0.3, -0.25) is 15.0 Å². The Labute approximate surface area is 150 Å². The van der Waals surface area contributed by atoms with E-state index in [2.05, 4.69) is 6.92 Å². The molecule has 25 heavy (non-hydrogen) atoms.